The van der Waals surface area contributed by atoms with Gasteiger partial charge in [-0.2, -0.15) is 0 Å². The number of halogens is 1. The second-order valence-electron chi connectivity index (χ2n) is 4.40. The van der Waals surface area contributed by atoms with Crippen LogP contribution in [0.2, 0.25) is 5.02 Å². The molecule has 23 heavy (non-hydrogen) atoms. The number of oxime groups is 1. The lowest BCUT2D eigenvalue weighted by molar-refractivity contribution is 0.0512. The van der Waals surface area contributed by atoms with Crippen LogP contribution in [0.4, 0.5) is 0 Å². The van der Waals surface area contributed by atoms with Crippen LogP contribution in [-0.4, -0.2) is 26.0 Å². The Bertz CT molecular complexity index is 747. The van der Waals surface area contributed by atoms with Crippen LogP contribution in [0.5, 0.6) is 11.5 Å². The highest BCUT2D eigenvalue weighted by Gasteiger charge is 2.14. The van der Waals surface area contributed by atoms with E-state index in [0.29, 0.717) is 22.1 Å². The Kier molecular flexibility index (Phi) is 5.43. The van der Waals surface area contributed by atoms with Gasteiger partial charge < -0.3 is 20.0 Å². The lowest BCUT2D eigenvalue weighted by Gasteiger charge is -2.08. The number of nitrogens with two attached hydrogens (primary N) is 1. The zero-order chi connectivity index (χ0) is 16.8. The van der Waals surface area contributed by atoms with Crippen molar-refractivity contribution in [2.75, 3.05) is 14.2 Å². The van der Waals surface area contributed by atoms with Gasteiger partial charge in [-0.05, 0) is 30.3 Å². The molecule has 0 amide bonds. The molecule has 0 aromatic heterocycles. The summed E-state index contributed by atoms with van der Waals surface area (Å²) >= 11 is 5.93. The molecule has 120 valence electrons. The summed E-state index contributed by atoms with van der Waals surface area (Å²) in [7, 11) is 2.95. The summed E-state index contributed by atoms with van der Waals surface area (Å²) in [5.41, 5.74) is 6.50. The maximum atomic E-state index is 12.1. The second-order valence-corrected chi connectivity index (χ2v) is 4.84. The number of ether oxygens (including phenoxy) is 2. The monoisotopic (exact) mass is 334 g/mol. The number of carbonyl (C=O) groups excluding carboxylic acids is 1. The molecule has 7 heteroatoms. The van der Waals surface area contributed by atoms with Crippen LogP contribution in [0.15, 0.2) is 47.6 Å². The van der Waals surface area contributed by atoms with Crippen molar-refractivity contribution in [2.24, 2.45) is 10.9 Å². The summed E-state index contributed by atoms with van der Waals surface area (Å²) < 4.78 is 10.3. The summed E-state index contributed by atoms with van der Waals surface area (Å²) in [6.45, 7) is 0. The van der Waals surface area contributed by atoms with Crippen molar-refractivity contribution in [2.45, 2.75) is 0 Å². The number of hydrogen-bond acceptors (Lipinski definition) is 5. The van der Waals surface area contributed by atoms with Crippen LogP contribution in [-0.2, 0) is 4.84 Å². The maximum absolute atomic E-state index is 12.1. The van der Waals surface area contributed by atoms with E-state index in [1.54, 1.807) is 42.5 Å². The minimum Gasteiger partial charge on any atom is -0.496 e. The first-order valence-corrected chi connectivity index (χ1v) is 6.96. The largest absolute Gasteiger partial charge is 0.496 e. The molecule has 2 aromatic rings. The van der Waals surface area contributed by atoms with Crippen LogP contribution in [0.3, 0.4) is 0 Å². The molecule has 0 aliphatic rings. The van der Waals surface area contributed by atoms with Crippen LogP contribution in [0, 0.1) is 0 Å². The molecule has 0 heterocycles. The Balaban J connectivity index is 2.22. The van der Waals surface area contributed by atoms with Gasteiger partial charge in [0.15, 0.2) is 5.84 Å². The first-order valence-electron chi connectivity index (χ1n) is 6.58. The molecule has 0 aliphatic heterocycles. The fraction of sp³-hybridized carbons (Fsp3) is 0.125. The fourth-order valence-corrected chi connectivity index (χ4v) is 2.05. The predicted octanol–water partition coefficient (Wildman–Crippen LogP) is 2.83. The Labute approximate surface area is 138 Å². The van der Waals surface area contributed by atoms with E-state index in [1.165, 1.54) is 14.2 Å². The number of rotatable bonds is 5. The van der Waals surface area contributed by atoms with E-state index in [-0.39, 0.29) is 11.4 Å². The topological polar surface area (TPSA) is 83.1 Å². The highest BCUT2D eigenvalue weighted by atomic mass is 35.5. The average molecular weight is 335 g/mol. The van der Waals surface area contributed by atoms with Gasteiger partial charge >= 0.3 is 5.97 Å². The van der Waals surface area contributed by atoms with Crippen molar-refractivity contribution < 1.29 is 19.1 Å². The van der Waals surface area contributed by atoms with Crippen LogP contribution in [0.25, 0.3) is 0 Å². The van der Waals surface area contributed by atoms with Crippen LogP contribution in [0.1, 0.15) is 15.9 Å². The molecule has 0 spiro atoms. The molecule has 0 atom stereocenters. The number of para-hydroxylation sites is 1. The number of nitrogens with zero attached hydrogens (tertiary/aromatic N) is 1. The van der Waals surface area contributed by atoms with Gasteiger partial charge in [-0.3, -0.25) is 0 Å². The fourth-order valence-electron chi connectivity index (χ4n) is 1.88. The van der Waals surface area contributed by atoms with Gasteiger partial charge in [0.1, 0.15) is 17.1 Å². The summed E-state index contributed by atoms with van der Waals surface area (Å²) in [4.78, 5) is 16.9. The highest BCUT2D eigenvalue weighted by molar-refractivity contribution is 6.31. The Hall–Kier alpha value is -2.73. The second kappa shape index (κ2) is 7.51. The molecule has 0 radical (unpaired) electrons. The molecular weight excluding hydrogens is 320 g/mol. The minimum atomic E-state index is -0.689. The molecule has 0 fully saturated rings. The summed E-state index contributed by atoms with van der Waals surface area (Å²) in [5.74, 6) is 0.120. The molecule has 2 rings (SSSR count). The van der Waals surface area contributed by atoms with E-state index in [1.807, 2.05) is 0 Å². The normalized spacial score (nSPS) is 11.0. The summed E-state index contributed by atoms with van der Waals surface area (Å²) in [6.07, 6.45) is 0. The van der Waals surface area contributed by atoms with Crippen molar-refractivity contribution in [3.8, 4) is 11.5 Å². The van der Waals surface area contributed by atoms with Crippen LogP contribution >= 0.6 is 11.6 Å². The first-order chi connectivity index (χ1) is 11.1. The van der Waals surface area contributed by atoms with Gasteiger partial charge in [0, 0.05) is 5.02 Å². The van der Waals surface area contributed by atoms with Crippen LogP contribution < -0.4 is 15.2 Å². The van der Waals surface area contributed by atoms with Gasteiger partial charge in [-0.25, -0.2) is 4.79 Å². The highest BCUT2D eigenvalue weighted by Crippen LogP contribution is 2.23. The van der Waals surface area contributed by atoms with Gasteiger partial charge in [-0.15, -0.1) is 0 Å². The number of hydrogen-bond donors (Lipinski definition) is 1. The van der Waals surface area contributed by atoms with Crippen molar-refractivity contribution in [3.63, 3.8) is 0 Å². The average Bonchev–Trinajstić information content (AvgIpc) is 2.59. The predicted molar refractivity (Wildman–Crippen MR) is 87.1 cm³/mol. The third-order valence-electron chi connectivity index (χ3n) is 2.99. The molecule has 2 N–H and O–H groups in total. The third-order valence-corrected chi connectivity index (χ3v) is 3.23. The first kappa shape index (κ1) is 16.6. The van der Waals surface area contributed by atoms with Gasteiger partial charge in [0.2, 0.25) is 0 Å². The van der Waals surface area contributed by atoms with E-state index >= 15 is 0 Å². The zero-order valence-corrected chi connectivity index (χ0v) is 13.3. The lowest BCUT2D eigenvalue weighted by Crippen LogP contribution is -2.16. The van der Waals surface area contributed by atoms with E-state index in [2.05, 4.69) is 5.16 Å². The number of amidine groups is 1. The minimum absolute atomic E-state index is 0.0346. The van der Waals surface area contributed by atoms with Crippen molar-refractivity contribution in [3.05, 3.63) is 58.6 Å². The van der Waals surface area contributed by atoms with Gasteiger partial charge in [-0.1, -0.05) is 28.9 Å². The third kappa shape index (κ3) is 3.92. The summed E-state index contributed by atoms with van der Waals surface area (Å²) in [6, 6.07) is 11.5. The Morgan fingerprint density at radius 3 is 2.39 bits per heavy atom. The summed E-state index contributed by atoms with van der Waals surface area (Å²) in [5, 5.41) is 4.10. The molecule has 0 unspecified atom stereocenters. The molecule has 2 aromatic carbocycles. The molecule has 0 aliphatic carbocycles. The lowest BCUT2D eigenvalue weighted by atomic mass is 10.2. The van der Waals surface area contributed by atoms with Gasteiger partial charge in [0.05, 0.1) is 19.8 Å². The number of methoxy groups -OCH3 is 2. The van der Waals surface area contributed by atoms with Gasteiger partial charge in [0.25, 0.3) is 0 Å². The van der Waals surface area contributed by atoms with E-state index in [4.69, 9.17) is 31.6 Å². The number of carbonyl (C=O) groups is 1. The molecule has 0 saturated heterocycles. The quantitative estimate of drug-likeness (QED) is 0.393. The number of benzene rings is 2. The van der Waals surface area contributed by atoms with E-state index in [0.717, 1.165) is 0 Å². The molecule has 0 bridgehead atoms. The maximum Gasteiger partial charge on any atom is 0.369 e. The van der Waals surface area contributed by atoms with Crippen molar-refractivity contribution >= 4 is 23.4 Å². The van der Waals surface area contributed by atoms with E-state index in [9.17, 15) is 4.79 Å². The standard InChI is InChI=1S/C16H15ClN2O4/c1-21-13-6-4-3-5-11(13)16(20)23-19-15(18)12-9-10(17)7-8-14(12)22-2/h3-9H,1-2H3,(H2,18,19). The van der Waals surface area contributed by atoms with Crippen molar-refractivity contribution in [1.29, 1.82) is 0 Å². The SMILES string of the molecule is COc1ccccc1C(=O)O/N=C(\N)c1cc(Cl)ccc1OC. The zero-order valence-electron chi connectivity index (χ0n) is 12.6. The molecule has 6 nitrogen and oxygen atoms in total. The molecular formula is C16H15ClN2O4. The van der Waals surface area contributed by atoms with E-state index < -0.39 is 5.97 Å². The Morgan fingerprint density at radius 1 is 1.04 bits per heavy atom. The smallest absolute Gasteiger partial charge is 0.369 e. The molecule has 0 saturated carbocycles. The van der Waals surface area contributed by atoms with Crippen molar-refractivity contribution in [1.82, 2.24) is 0 Å². The Morgan fingerprint density at radius 2 is 1.70 bits per heavy atom.